The van der Waals surface area contributed by atoms with Crippen molar-refractivity contribution in [2.45, 2.75) is 38.0 Å². The molecule has 30 heavy (non-hydrogen) atoms. The highest BCUT2D eigenvalue weighted by atomic mass is 35.5. The molecular weight excluding hydrogens is 405 g/mol. The van der Waals surface area contributed by atoms with E-state index in [1.807, 2.05) is 29.2 Å². The molecule has 0 aliphatic carbocycles. The van der Waals surface area contributed by atoms with Crippen LogP contribution in [0.4, 0.5) is 4.39 Å². The Labute approximate surface area is 179 Å². The number of likely N-dealkylation sites (tertiary alicyclic amines) is 1. The van der Waals surface area contributed by atoms with E-state index in [1.165, 1.54) is 17.7 Å². The summed E-state index contributed by atoms with van der Waals surface area (Å²) in [5.41, 5.74) is 1.76. The molecule has 0 N–H and O–H groups in total. The van der Waals surface area contributed by atoms with E-state index < -0.39 is 0 Å². The van der Waals surface area contributed by atoms with E-state index in [0.717, 1.165) is 37.3 Å². The summed E-state index contributed by atoms with van der Waals surface area (Å²) in [6.45, 7) is 1.33. The maximum absolute atomic E-state index is 13.4. The quantitative estimate of drug-likeness (QED) is 0.538. The van der Waals surface area contributed by atoms with Gasteiger partial charge < -0.3 is 9.42 Å². The number of hydrogen-bond donors (Lipinski definition) is 0. The van der Waals surface area contributed by atoms with Crippen molar-refractivity contribution in [1.82, 2.24) is 15.0 Å². The van der Waals surface area contributed by atoms with Crippen LogP contribution in [0.15, 0.2) is 53.1 Å². The minimum absolute atomic E-state index is 0.00812. The van der Waals surface area contributed by atoms with Crippen molar-refractivity contribution >= 4 is 17.5 Å². The summed E-state index contributed by atoms with van der Waals surface area (Å²) >= 11 is 5.91. The van der Waals surface area contributed by atoms with Gasteiger partial charge in [-0.1, -0.05) is 41.0 Å². The van der Waals surface area contributed by atoms with Gasteiger partial charge in [0.15, 0.2) is 0 Å². The van der Waals surface area contributed by atoms with Crippen molar-refractivity contribution in [3.05, 3.63) is 70.8 Å². The van der Waals surface area contributed by atoms with Crippen LogP contribution in [0.25, 0.3) is 11.4 Å². The van der Waals surface area contributed by atoms with Gasteiger partial charge in [0.25, 0.3) is 0 Å². The van der Waals surface area contributed by atoms with Crippen molar-refractivity contribution in [2.75, 3.05) is 13.1 Å². The zero-order valence-corrected chi connectivity index (χ0v) is 17.3. The van der Waals surface area contributed by atoms with E-state index >= 15 is 0 Å². The molecule has 1 aliphatic rings. The fraction of sp³-hybridized carbons (Fsp3) is 0.348. The zero-order valence-electron chi connectivity index (χ0n) is 16.6. The summed E-state index contributed by atoms with van der Waals surface area (Å²) in [7, 11) is 0. The van der Waals surface area contributed by atoms with Crippen LogP contribution in [0.1, 0.15) is 43.1 Å². The standard InChI is InChI=1S/C23H23ClFN3O2/c24-19-11-9-16(10-12-19)4-1-8-21(29)28-13-3-6-18(15-28)23-26-22(27-30-23)17-5-2-7-20(25)14-17/h2,5,7,9-12,14,18H,1,3-4,6,8,13,15H2. The number of halogens is 2. The van der Waals surface area contributed by atoms with Gasteiger partial charge in [-0.15, -0.1) is 0 Å². The SMILES string of the molecule is O=C(CCCc1ccc(Cl)cc1)N1CCCC(c2nc(-c3cccc(F)c3)no2)C1. The van der Waals surface area contributed by atoms with Gasteiger partial charge in [0, 0.05) is 30.1 Å². The number of carbonyl (C=O) groups excluding carboxylic acids is 1. The van der Waals surface area contributed by atoms with Gasteiger partial charge >= 0.3 is 0 Å². The van der Waals surface area contributed by atoms with Crippen LogP contribution in [0.2, 0.25) is 5.02 Å². The minimum atomic E-state index is -0.341. The number of nitrogens with zero attached hydrogens (tertiary/aromatic N) is 3. The highest BCUT2D eigenvalue weighted by molar-refractivity contribution is 6.30. The molecular formula is C23H23ClFN3O2. The van der Waals surface area contributed by atoms with Gasteiger partial charge in [-0.25, -0.2) is 4.39 Å². The average Bonchev–Trinajstić information content (AvgIpc) is 3.26. The Hall–Kier alpha value is -2.73. The molecule has 2 heterocycles. The number of aromatic nitrogens is 2. The zero-order chi connectivity index (χ0) is 20.9. The van der Waals surface area contributed by atoms with Crippen LogP contribution < -0.4 is 0 Å². The van der Waals surface area contributed by atoms with Crippen LogP contribution in [-0.2, 0) is 11.2 Å². The summed E-state index contributed by atoms with van der Waals surface area (Å²) in [6.07, 6.45) is 3.94. The second-order valence-electron chi connectivity index (χ2n) is 7.63. The monoisotopic (exact) mass is 427 g/mol. The number of piperidine rings is 1. The van der Waals surface area contributed by atoms with Crippen LogP contribution >= 0.6 is 11.6 Å². The first-order chi connectivity index (χ1) is 14.6. The highest BCUT2D eigenvalue weighted by Crippen LogP contribution is 2.28. The molecule has 3 aromatic rings. The Morgan fingerprint density at radius 2 is 2.07 bits per heavy atom. The maximum atomic E-state index is 13.4. The van der Waals surface area contributed by atoms with E-state index in [4.69, 9.17) is 16.1 Å². The Morgan fingerprint density at radius 1 is 1.23 bits per heavy atom. The Balaban J connectivity index is 1.32. The van der Waals surface area contributed by atoms with Gasteiger partial charge in [0.1, 0.15) is 5.82 Å². The van der Waals surface area contributed by atoms with Crippen LogP contribution in [-0.4, -0.2) is 34.0 Å². The van der Waals surface area contributed by atoms with Crippen molar-refractivity contribution in [2.24, 2.45) is 0 Å². The molecule has 5 nitrogen and oxygen atoms in total. The third-order valence-corrected chi connectivity index (χ3v) is 5.67. The second kappa shape index (κ2) is 9.39. The minimum Gasteiger partial charge on any atom is -0.342 e. The lowest BCUT2D eigenvalue weighted by atomic mass is 9.97. The fourth-order valence-electron chi connectivity index (χ4n) is 3.80. The summed E-state index contributed by atoms with van der Waals surface area (Å²) < 4.78 is 18.9. The number of rotatable bonds is 6. The number of hydrogen-bond acceptors (Lipinski definition) is 4. The van der Waals surface area contributed by atoms with Crippen molar-refractivity contribution in [3.63, 3.8) is 0 Å². The molecule has 156 valence electrons. The molecule has 7 heteroatoms. The predicted octanol–water partition coefficient (Wildman–Crippen LogP) is 5.26. The first-order valence-electron chi connectivity index (χ1n) is 10.2. The van der Waals surface area contributed by atoms with E-state index in [2.05, 4.69) is 10.1 Å². The maximum Gasteiger partial charge on any atom is 0.231 e. The first kappa shape index (κ1) is 20.5. The Bertz CT molecular complexity index is 1010. The van der Waals surface area contributed by atoms with Crippen LogP contribution in [0.5, 0.6) is 0 Å². The Morgan fingerprint density at radius 3 is 2.87 bits per heavy atom. The second-order valence-corrected chi connectivity index (χ2v) is 8.06. The molecule has 0 spiro atoms. The molecule has 1 saturated heterocycles. The van der Waals surface area contributed by atoms with Crippen molar-refractivity contribution in [3.8, 4) is 11.4 Å². The predicted molar refractivity (Wildman–Crippen MR) is 113 cm³/mol. The number of carbonyl (C=O) groups is 1. The number of amides is 1. The summed E-state index contributed by atoms with van der Waals surface area (Å²) in [5.74, 6) is 0.697. The summed E-state index contributed by atoms with van der Waals surface area (Å²) in [5, 5.41) is 4.71. The largest absolute Gasteiger partial charge is 0.342 e. The Kier molecular flexibility index (Phi) is 6.43. The number of benzene rings is 2. The van der Waals surface area contributed by atoms with Crippen LogP contribution in [0, 0.1) is 5.82 Å². The lowest BCUT2D eigenvalue weighted by molar-refractivity contribution is -0.132. The van der Waals surface area contributed by atoms with E-state index in [0.29, 0.717) is 30.2 Å². The third kappa shape index (κ3) is 5.05. The van der Waals surface area contributed by atoms with Gasteiger partial charge in [-0.2, -0.15) is 4.98 Å². The van der Waals surface area contributed by atoms with E-state index in [9.17, 15) is 9.18 Å². The molecule has 0 saturated carbocycles. The molecule has 1 aromatic heterocycles. The molecule has 2 aromatic carbocycles. The number of aryl methyl sites for hydroxylation is 1. The molecule has 0 bridgehead atoms. The summed E-state index contributed by atoms with van der Waals surface area (Å²) in [6, 6.07) is 13.9. The van der Waals surface area contributed by atoms with E-state index in [-0.39, 0.29) is 17.6 Å². The fourth-order valence-corrected chi connectivity index (χ4v) is 3.93. The molecule has 1 atom stereocenters. The topological polar surface area (TPSA) is 59.2 Å². The lowest BCUT2D eigenvalue weighted by Crippen LogP contribution is -2.39. The first-order valence-corrected chi connectivity index (χ1v) is 10.6. The molecule has 0 radical (unpaired) electrons. The van der Waals surface area contributed by atoms with Gasteiger partial charge in [-0.3, -0.25) is 4.79 Å². The normalized spacial score (nSPS) is 16.6. The van der Waals surface area contributed by atoms with Gasteiger partial charge in [-0.05, 0) is 55.5 Å². The average molecular weight is 428 g/mol. The van der Waals surface area contributed by atoms with Crippen molar-refractivity contribution in [1.29, 1.82) is 0 Å². The highest BCUT2D eigenvalue weighted by Gasteiger charge is 2.28. The van der Waals surface area contributed by atoms with Crippen molar-refractivity contribution < 1.29 is 13.7 Å². The third-order valence-electron chi connectivity index (χ3n) is 5.42. The van der Waals surface area contributed by atoms with Gasteiger partial charge in [0.05, 0.1) is 5.92 Å². The molecule has 1 aliphatic heterocycles. The molecule has 1 unspecified atom stereocenters. The van der Waals surface area contributed by atoms with E-state index in [1.54, 1.807) is 12.1 Å². The molecule has 4 rings (SSSR count). The molecule has 1 fully saturated rings. The van der Waals surface area contributed by atoms with Crippen LogP contribution in [0.3, 0.4) is 0 Å². The molecule has 1 amide bonds. The summed E-state index contributed by atoms with van der Waals surface area (Å²) in [4.78, 5) is 19.0. The lowest BCUT2D eigenvalue weighted by Gasteiger charge is -2.31. The van der Waals surface area contributed by atoms with Gasteiger partial charge in [0.2, 0.25) is 17.6 Å². The smallest absolute Gasteiger partial charge is 0.231 e.